The van der Waals surface area contributed by atoms with E-state index in [1.807, 2.05) is 6.07 Å². The van der Waals surface area contributed by atoms with Crippen LogP contribution in [0.25, 0.3) is 0 Å². The van der Waals surface area contributed by atoms with E-state index in [9.17, 15) is 4.79 Å². The molecular formula is C14H17BrO2. The minimum Gasteiger partial charge on any atom is -0.493 e. The molecule has 1 heterocycles. The Kier molecular flexibility index (Phi) is 3.87. The summed E-state index contributed by atoms with van der Waals surface area (Å²) in [4.78, 5) is 11.9. The molecule has 0 bridgehead atoms. The maximum atomic E-state index is 11.9. The third-order valence-corrected chi connectivity index (χ3v) is 3.31. The number of hydrogen-bond donors (Lipinski definition) is 0. The number of rotatable bonds is 4. The summed E-state index contributed by atoms with van der Waals surface area (Å²) in [6.45, 7) is 4.87. The molecule has 0 unspecified atom stereocenters. The molecule has 0 aromatic heterocycles. The smallest absolute Gasteiger partial charge is 0.137 e. The summed E-state index contributed by atoms with van der Waals surface area (Å²) in [7, 11) is 0. The van der Waals surface area contributed by atoms with E-state index in [4.69, 9.17) is 4.74 Å². The molecule has 3 heteroatoms. The monoisotopic (exact) mass is 296 g/mol. The van der Waals surface area contributed by atoms with Crippen molar-refractivity contribution in [1.29, 1.82) is 0 Å². The molecule has 0 atom stereocenters. The van der Waals surface area contributed by atoms with Gasteiger partial charge in [-0.2, -0.15) is 0 Å². The highest BCUT2D eigenvalue weighted by atomic mass is 79.9. The van der Waals surface area contributed by atoms with Crippen molar-refractivity contribution in [3.8, 4) is 5.75 Å². The first-order chi connectivity index (χ1) is 8.06. The van der Waals surface area contributed by atoms with Crippen LogP contribution in [0.4, 0.5) is 0 Å². The molecule has 0 N–H and O–H groups in total. The standard InChI is InChI=1S/C14H17BrO2/c1-9(2)5-13(16)8-11-7-12(15)6-10-3-4-17-14(10)11/h6-7,9H,3-5,8H2,1-2H3. The minimum atomic E-state index is 0.288. The Balaban J connectivity index is 2.18. The normalized spacial score (nSPS) is 13.6. The van der Waals surface area contributed by atoms with E-state index in [1.165, 1.54) is 5.56 Å². The Labute approximate surface area is 110 Å². The lowest BCUT2D eigenvalue weighted by Gasteiger charge is -2.09. The lowest BCUT2D eigenvalue weighted by atomic mass is 9.99. The SMILES string of the molecule is CC(C)CC(=O)Cc1cc(Br)cc2c1OCC2. The number of carbonyl (C=O) groups is 1. The van der Waals surface area contributed by atoms with Gasteiger partial charge in [-0.1, -0.05) is 29.8 Å². The van der Waals surface area contributed by atoms with E-state index >= 15 is 0 Å². The minimum absolute atomic E-state index is 0.288. The van der Waals surface area contributed by atoms with Gasteiger partial charge in [0, 0.05) is 29.3 Å². The number of fused-ring (bicyclic) bond motifs is 1. The van der Waals surface area contributed by atoms with Crippen LogP contribution in [0, 0.1) is 5.92 Å². The summed E-state index contributed by atoms with van der Waals surface area (Å²) in [6, 6.07) is 4.08. The number of ketones is 1. The number of Topliss-reactive ketones (excluding diaryl/α,β-unsaturated/α-hetero) is 1. The van der Waals surface area contributed by atoms with Gasteiger partial charge in [-0.3, -0.25) is 4.79 Å². The number of benzene rings is 1. The van der Waals surface area contributed by atoms with E-state index in [2.05, 4.69) is 35.8 Å². The van der Waals surface area contributed by atoms with Crippen molar-refractivity contribution >= 4 is 21.7 Å². The van der Waals surface area contributed by atoms with Crippen LogP contribution in [0.15, 0.2) is 16.6 Å². The van der Waals surface area contributed by atoms with Gasteiger partial charge in [0.1, 0.15) is 11.5 Å². The number of halogens is 1. The predicted molar refractivity (Wildman–Crippen MR) is 71.5 cm³/mol. The van der Waals surface area contributed by atoms with Crippen LogP contribution in [-0.4, -0.2) is 12.4 Å². The van der Waals surface area contributed by atoms with Crippen molar-refractivity contribution in [3.05, 3.63) is 27.7 Å². The predicted octanol–water partition coefficient (Wildman–Crippen LogP) is 3.54. The fourth-order valence-corrected chi connectivity index (χ4v) is 2.77. The molecule has 0 aliphatic carbocycles. The highest BCUT2D eigenvalue weighted by Gasteiger charge is 2.19. The first kappa shape index (κ1) is 12.6. The van der Waals surface area contributed by atoms with Gasteiger partial charge in [-0.05, 0) is 23.6 Å². The van der Waals surface area contributed by atoms with Gasteiger partial charge in [0.05, 0.1) is 6.61 Å². The molecule has 0 fully saturated rings. The van der Waals surface area contributed by atoms with Crippen LogP contribution in [0.2, 0.25) is 0 Å². The summed E-state index contributed by atoms with van der Waals surface area (Å²) >= 11 is 3.49. The first-order valence-corrected chi connectivity index (χ1v) is 6.81. The average Bonchev–Trinajstić information content (AvgIpc) is 2.63. The molecule has 0 saturated heterocycles. The maximum Gasteiger partial charge on any atom is 0.137 e. The largest absolute Gasteiger partial charge is 0.493 e. The molecule has 17 heavy (non-hydrogen) atoms. The molecule has 1 aromatic rings. The van der Waals surface area contributed by atoms with E-state index in [0.29, 0.717) is 18.8 Å². The molecule has 2 rings (SSSR count). The number of ether oxygens (including phenoxy) is 1. The van der Waals surface area contributed by atoms with Crippen molar-refractivity contribution in [3.63, 3.8) is 0 Å². The second-order valence-corrected chi connectivity index (χ2v) is 5.88. The lowest BCUT2D eigenvalue weighted by molar-refractivity contribution is -0.119. The van der Waals surface area contributed by atoms with Gasteiger partial charge in [0.15, 0.2) is 0 Å². The van der Waals surface area contributed by atoms with Crippen LogP contribution in [-0.2, 0) is 17.6 Å². The molecule has 92 valence electrons. The van der Waals surface area contributed by atoms with Crippen molar-refractivity contribution in [1.82, 2.24) is 0 Å². The molecule has 1 aliphatic heterocycles. The molecular weight excluding hydrogens is 280 g/mol. The fourth-order valence-electron chi connectivity index (χ4n) is 2.22. The average molecular weight is 297 g/mol. The third kappa shape index (κ3) is 3.09. The quantitative estimate of drug-likeness (QED) is 0.849. The van der Waals surface area contributed by atoms with Gasteiger partial charge in [0.2, 0.25) is 0 Å². The zero-order valence-corrected chi connectivity index (χ0v) is 11.8. The summed E-state index contributed by atoms with van der Waals surface area (Å²) in [5.41, 5.74) is 2.24. The van der Waals surface area contributed by atoms with Crippen LogP contribution in [0.5, 0.6) is 5.75 Å². The topological polar surface area (TPSA) is 26.3 Å². The van der Waals surface area contributed by atoms with Gasteiger partial charge >= 0.3 is 0 Å². The van der Waals surface area contributed by atoms with Gasteiger partial charge in [-0.15, -0.1) is 0 Å². The Hall–Kier alpha value is -0.830. The van der Waals surface area contributed by atoms with E-state index in [1.54, 1.807) is 0 Å². The molecule has 0 spiro atoms. The Bertz CT molecular complexity index is 438. The molecule has 0 radical (unpaired) electrons. The Morgan fingerprint density at radius 1 is 1.47 bits per heavy atom. The molecule has 1 aromatic carbocycles. The summed E-state index contributed by atoms with van der Waals surface area (Å²) in [5, 5.41) is 0. The second-order valence-electron chi connectivity index (χ2n) is 4.97. The molecule has 2 nitrogen and oxygen atoms in total. The summed E-state index contributed by atoms with van der Waals surface area (Å²) in [5.74, 6) is 1.64. The highest BCUT2D eigenvalue weighted by molar-refractivity contribution is 9.10. The van der Waals surface area contributed by atoms with Crippen molar-refractivity contribution in [2.75, 3.05) is 6.61 Å². The van der Waals surface area contributed by atoms with E-state index < -0.39 is 0 Å². The molecule has 1 aliphatic rings. The van der Waals surface area contributed by atoms with Crippen LogP contribution in [0.1, 0.15) is 31.4 Å². The number of hydrogen-bond acceptors (Lipinski definition) is 2. The van der Waals surface area contributed by atoms with Gasteiger partial charge in [0.25, 0.3) is 0 Å². The van der Waals surface area contributed by atoms with E-state index in [-0.39, 0.29) is 5.78 Å². The Morgan fingerprint density at radius 2 is 2.24 bits per heavy atom. The number of carbonyl (C=O) groups excluding carboxylic acids is 1. The van der Waals surface area contributed by atoms with Crippen molar-refractivity contribution in [2.24, 2.45) is 5.92 Å². The molecule has 0 saturated carbocycles. The Morgan fingerprint density at radius 3 is 2.94 bits per heavy atom. The van der Waals surface area contributed by atoms with Gasteiger partial charge < -0.3 is 4.74 Å². The maximum absolute atomic E-state index is 11.9. The zero-order chi connectivity index (χ0) is 12.4. The third-order valence-electron chi connectivity index (χ3n) is 2.85. The first-order valence-electron chi connectivity index (χ1n) is 6.02. The van der Waals surface area contributed by atoms with Gasteiger partial charge in [-0.25, -0.2) is 0 Å². The molecule has 0 amide bonds. The van der Waals surface area contributed by atoms with E-state index in [0.717, 1.165) is 28.8 Å². The lowest BCUT2D eigenvalue weighted by Crippen LogP contribution is -2.07. The van der Waals surface area contributed by atoms with Crippen LogP contribution < -0.4 is 4.74 Å². The van der Waals surface area contributed by atoms with Crippen molar-refractivity contribution < 1.29 is 9.53 Å². The highest BCUT2D eigenvalue weighted by Crippen LogP contribution is 2.33. The van der Waals surface area contributed by atoms with Crippen LogP contribution in [0.3, 0.4) is 0 Å². The van der Waals surface area contributed by atoms with Crippen molar-refractivity contribution in [2.45, 2.75) is 33.1 Å². The zero-order valence-electron chi connectivity index (χ0n) is 10.3. The summed E-state index contributed by atoms with van der Waals surface area (Å²) in [6.07, 6.45) is 2.07. The second kappa shape index (κ2) is 5.21. The van der Waals surface area contributed by atoms with Crippen LogP contribution >= 0.6 is 15.9 Å². The fraction of sp³-hybridized carbons (Fsp3) is 0.500. The summed E-state index contributed by atoms with van der Waals surface area (Å²) < 4.78 is 6.65.